The van der Waals surface area contributed by atoms with Crippen LogP contribution in [0.5, 0.6) is 0 Å². The second-order valence-electron chi connectivity index (χ2n) is 4.54. The van der Waals surface area contributed by atoms with Crippen LogP contribution in [-0.4, -0.2) is 22.0 Å². The molecular weight excluding hydrogens is 288 g/mol. The average Bonchev–Trinajstić information content (AvgIpc) is 2.88. The van der Waals surface area contributed by atoms with Crippen molar-refractivity contribution in [3.8, 4) is 0 Å². The average molecular weight is 304 g/mol. The number of para-hydroxylation sites is 1. The molecule has 21 heavy (non-hydrogen) atoms. The van der Waals surface area contributed by atoms with Crippen LogP contribution in [-0.2, 0) is 28.9 Å². The molecule has 0 aliphatic rings. The standard InChI is InChI=1S/C15H16N2O3S/c1-2-14-16-11(9-21-14)8-13(18)17-12-6-4-3-5-10(12)7-15(19)20/h3-6,9H,2,7-8H2,1H3,(H,17,18)(H,19,20). The molecule has 1 heterocycles. The largest absolute Gasteiger partial charge is 0.481 e. The summed E-state index contributed by atoms with van der Waals surface area (Å²) in [5.41, 5.74) is 1.87. The summed E-state index contributed by atoms with van der Waals surface area (Å²) in [5, 5.41) is 14.5. The summed E-state index contributed by atoms with van der Waals surface area (Å²) in [5.74, 6) is -1.12. The van der Waals surface area contributed by atoms with Gasteiger partial charge in [0, 0.05) is 11.1 Å². The molecule has 0 fully saturated rings. The quantitative estimate of drug-likeness (QED) is 0.859. The number of thiazole rings is 1. The number of carboxylic acid groups (broad SMARTS) is 1. The number of aliphatic carboxylic acids is 1. The first-order valence-electron chi connectivity index (χ1n) is 6.61. The first-order chi connectivity index (χ1) is 10.1. The summed E-state index contributed by atoms with van der Waals surface area (Å²) in [6.45, 7) is 2.02. The fourth-order valence-electron chi connectivity index (χ4n) is 1.91. The number of hydrogen-bond acceptors (Lipinski definition) is 4. The van der Waals surface area contributed by atoms with Crippen molar-refractivity contribution < 1.29 is 14.7 Å². The third kappa shape index (κ3) is 4.39. The van der Waals surface area contributed by atoms with Gasteiger partial charge in [0.15, 0.2) is 0 Å². The minimum Gasteiger partial charge on any atom is -0.481 e. The van der Waals surface area contributed by atoms with Crippen molar-refractivity contribution in [1.29, 1.82) is 0 Å². The molecule has 6 heteroatoms. The molecule has 0 aliphatic heterocycles. The normalized spacial score (nSPS) is 10.3. The van der Waals surface area contributed by atoms with Crippen LogP contribution in [0.3, 0.4) is 0 Å². The van der Waals surface area contributed by atoms with Crippen LogP contribution in [0.1, 0.15) is 23.2 Å². The summed E-state index contributed by atoms with van der Waals surface area (Å²) in [4.78, 5) is 27.2. The maximum Gasteiger partial charge on any atom is 0.307 e. The van der Waals surface area contributed by atoms with E-state index in [-0.39, 0.29) is 18.7 Å². The van der Waals surface area contributed by atoms with Gasteiger partial charge in [-0.25, -0.2) is 4.98 Å². The minimum absolute atomic E-state index is 0.118. The van der Waals surface area contributed by atoms with E-state index < -0.39 is 5.97 Å². The van der Waals surface area contributed by atoms with Gasteiger partial charge in [-0.05, 0) is 18.1 Å². The van der Waals surface area contributed by atoms with E-state index in [2.05, 4.69) is 10.3 Å². The van der Waals surface area contributed by atoms with Crippen molar-refractivity contribution in [2.45, 2.75) is 26.2 Å². The SMILES string of the molecule is CCc1nc(CC(=O)Nc2ccccc2CC(=O)O)cs1. The van der Waals surface area contributed by atoms with Crippen molar-refractivity contribution in [2.75, 3.05) is 5.32 Å². The number of aryl methyl sites for hydroxylation is 1. The van der Waals surface area contributed by atoms with Crippen LogP contribution in [0.15, 0.2) is 29.6 Å². The molecule has 2 rings (SSSR count). The summed E-state index contributed by atoms with van der Waals surface area (Å²) in [7, 11) is 0. The lowest BCUT2D eigenvalue weighted by Crippen LogP contribution is -2.16. The number of aromatic nitrogens is 1. The molecule has 5 nitrogen and oxygen atoms in total. The molecule has 0 aliphatic carbocycles. The molecule has 0 radical (unpaired) electrons. The number of anilines is 1. The van der Waals surface area contributed by atoms with Gasteiger partial charge in [0.05, 0.1) is 23.5 Å². The summed E-state index contributed by atoms with van der Waals surface area (Å²) in [6, 6.07) is 6.91. The third-order valence-corrected chi connectivity index (χ3v) is 3.92. The lowest BCUT2D eigenvalue weighted by molar-refractivity contribution is -0.136. The van der Waals surface area contributed by atoms with Crippen LogP contribution < -0.4 is 5.32 Å². The van der Waals surface area contributed by atoms with E-state index in [9.17, 15) is 9.59 Å². The molecule has 110 valence electrons. The van der Waals surface area contributed by atoms with Crippen molar-refractivity contribution >= 4 is 28.9 Å². The first kappa shape index (κ1) is 15.2. The Hall–Kier alpha value is -2.21. The zero-order valence-corrected chi connectivity index (χ0v) is 12.4. The van der Waals surface area contributed by atoms with E-state index in [1.165, 1.54) is 0 Å². The van der Waals surface area contributed by atoms with Crippen molar-refractivity contribution in [3.63, 3.8) is 0 Å². The predicted molar refractivity (Wildman–Crippen MR) is 81.6 cm³/mol. The number of nitrogens with one attached hydrogen (secondary N) is 1. The van der Waals surface area contributed by atoms with E-state index in [1.54, 1.807) is 35.6 Å². The molecule has 1 aromatic carbocycles. The molecule has 0 saturated heterocycles. The van der Waals surface area contributed by atoms with Gasteiger partial charge in [-0.1, -0.05) is 25.1 Å². The number of nitrogens with zero attached hydrogens (tertiary/aromatic N) is 1. The second-order valence-corrected chi connectivity index (χ2v) is 5.48. The Bertz CT molecular complexity index is 652. The second kappa shape index (κ2) is 6.99. The number of carbonyl (C=O) groups excluding carboxylic acids is 1. The fraction of sp³-hybridized carbons (Fsp3) is 0.267. The van der Waals surface area contributed by atoms with E-state index in [0.717, 1.165) is 17.1 Å². The molecule has 0 unspecified atom stereocenters. The lowest BCUT2D eigenvalue weighted by Gasteiger charge is -2.09. The molecule has 0 spiro atoms. The van der Waals surface area contributed by atoms with Gasteiger partial charge in [0.25, 0.3) is 0 Å². The van der Waals surface area contributed by atoms with E-state index in [1.807, 2.05) is 12.3 Å². The van der Waals surface area contributed by atoms with Crippen molar-refractivity contribution in [2.24, 2.45) is 0 Å². The van der Waals surface area contributed by atoms with E-state index >= 15 is 0 Å². The summed E-state index contributed by atoms with van der Waals surface area (Å²) in [6.07, 6.45) is 0.929. The minimum atomic E-state index is -0.927. The first-order valence-corrected chi connectivity index (χ1v) is 7.49. The van der Waals surface area contributed by atoms with Gasteiger partial charge in [0.2, 0.25) is 5.91 Å². The van der Waals surface area contributed by atoms with Gasteiger partial charge in [0.1, 0.15) is 0 Å². The smallest absolute Gasteiger partial charge is 0.307 e. The van der Waals surface area contributed by atoms with Crippen LogP contribution in [0.2, 0.25) is 0 Å². The number of hydrogen-bond donors (Lipinski definition) is 2. The van der Waals surface area contributed by atoms with Crippen molar-refractivity contribution in [1.82, 2.24) is 4.98 Å². The monoisotopic (exact) mass is 304 g/mol. The highest BCUT2D eigenvalue weighted by atomic mass is 32.1. The topological polar surface area (TPSA) is 79.3 Å². The fourth-order valence-corrected chi connectivity index (χ4v) is 2.66. The predicted octanol–water partition coefficient (Wildman–Crippen LogP) is 2.51. The van der Waals surface area contributed by atoms with Crippen LogP contribution in [0, 0.1) is 0 Å². The summed E-state index contributed by atoms with van der Waals surface area (Å²) >= 11 is 1.54. The Labute approximate surface area is 126 Å². The molecule has 0 bridgehead atoms. The molecular formula is C15H16N2O3S. The number of carbonyl (C=O) groups is 2. The van der Waals surface area contributed by atoms with Gasteiger partial charge < -0.3 is 10.4 Å². The van der Waals surface area contributed by atoms with Gasteiger partial charge >= 0.3 is 5.97 Å². The summed E-state index contributed by atoms with van der Waals surface area (Å²) < 4.78 is 0. The number of benzene rings is 1. The van der Waals surface area contributed by atoms with Crippen molar-refractivity contribution in [3.05, 3.63) is 45.9 Å². The Balaban J connectivity index is 2.03. The molecule has 1 amide bonds. The van der Waals surface area contributed by atoms with E-state index in [4.69, 9.17) is 5.11 Å². The molecule has 2 aromatic rings. The Morgan fingerprint density at radius 2 is 2.05 bits per heavy atom. The molecule has 0 saturated carbocycles. The lowest BCUT2D eigenvalue weighted by atomic mass is 10.1. The zero-order valence-electron chi connectivity index (χ0n) is 11.6. The number of carboxylic acids is 1. The number of amides is 1. The van der Waals surface area contributed by atoms with E-state index in [0.29, 0.717) is 11.3 Å². The van der Waals surface area contributed by atoms with Crippen LogP contribution >= 0.6 is 11.3 Å². The molecule has 1 aromatic heterocycles. The Morgan fingerprint density at radius 3 is 2.71 bits per heavy atom. The third-order valence-electron chi connectivity index (χ3n) is 2.88. The maximum absolute atomic E-state index is 12.0. The number of rotatable bonds is 6. The molecule has 0 atom stereocenters. The van der Waals surface area contributed by atoms with Crippen LogP contribution in [0.25, 0.3) is 0 Å². The van der Waals surface area contributed by atoms with Gasteiger partial charge in [-0.3, -0.25) is 9.59 Å². The zero-order chi connectivity index (χ0) is 15.2. The highest BCUT2D eigenvalue weighted by Crippen LogP contribution is 2.17. The van der Waals surface area contributed by atoms with Gasteiger partial charge in [-0.15, -0.1) is 11.3 Å². The molecule has 2 N–H and O–H groups in total. The Kier molecular flexibility index (Phi) is 5.05. The maximum atomic E-state index is 12.0. The van der Waals surface area contributed by atoms with Crippen LogP contribution in [0.4, 0.5) is 5.69 Å². The van der Waals surface area contributed by atoms with Gasteiger partial charge in [-0.2, -0.15) is 0 Å². The highest BCUT2D eigenvalue weighted by molar-refractivity contribution is 7.09. The Morgan fingerprint density at radius 1 is 1.29 bits per heavy atom. The highest BCUT2D eigenvalue weighted by Gasteiger charge is 2.11.